The highest BCUT2D eigenvalue weighted by molar-refractivity contribution is 7.99. The van der Waals surface area contributed by atoms with Gasteiger partial charge in [-0.05, 0) is 43.8 Å². The summed E-state index contributed by atoms with van der Waals surface area (Å²) in [5.74, 6) is 1.69. The van der Waals surface area contributed by atoms with Crippen LogP contribution in [0, 0.1) is 0 Å². The zero-order chi connectivity index (χ0) is 13.9. The van der Waals surface area contributed by atoms with Crippen LogP contribution in [-0.2, 0) is 16.8 Å². The van der Waals surface area contributed by atoms with Crippen LogP contribution in [0.15, 0.2) is 6.07 Å². The quantitative estimate of drug-likeness (QED) is 0.867. The van der Waals surface area contributed by atoms with Crippen molar-refractivity contribution in [3.63, 3.8) is 0 Å². The van der Waals surface area contributed by atoms with Gasteiger partial charge in [-0.25, -0.2) is 4.79 Å². The number of aliphatic hydroxyl groups is 1. The van der Waals surface area contributed by atoms with Gasteiger partial charge in [0.05, 0.1) is 12.2 Å². The van der Waals surface area contributed by atoms with E-state index in [9.17, 15) is 9.90 Å². The molecule has 1 fully saturated rings. The number of aryl methyl sites for hydroxylation is 1. The third-order valence-corrected chi connectivity index (χ3v) is 5.86. The monoisotopic (exact) mass is 300 g/mol. The number of ether oxygens (including phenoxy) is 1. The van der Waals surface area contributed by atoms with E-state index >= 15 is 0 Å². The minimum absolute atomic E-state index is 0.268. The van der Waals surface area contributed by atoms with Crippen LogP contribution < -0.4 is 0 Å². The van der Waals surface area contributed by atoms with Gasteiger partial charge in [0, 0.05) is 9.75 Å². The molecule has 2 heterocycles. The van der Waals surface area contributed by atoms with Crippen molar-refractivity contribution in [3.05, 3.63) is 21.4 Å². The van der Waals surface area contributed by atoms with E-state index in [-0.39, 0.29) is 5.97 Å². The lowest BCUT2D eigenvalue weighted by atomic mass is 9.94. The Balaban J connectivity index is 2.29. The first kappa shape index (κ1) is 14.9. The Morgan fingerprint density at radius 1 is 1.42 bits per heavy atom. The van der Waals surface area contributed by atoms with Gasteiger partial charge < -0.3 is 9.84 Å². The molecular formula is C14H20O3S2. The standard InChI is InChI=1S/C14H20O3S2/c1-3-11-10(13(15)17-4-2)9-12(19-11)14(16)5-7-18-8-6-14/h9,16H,3-8H2,1-2H3. The van der Waals surface area contributed by atoms with E-state index in [1.54, 1.807) is 11.3 Å². The summed E-state index contributed by atoms with van der Waals surface area (Å²) in [6.45, 7) is 4.22. The van der Waals surface area contributed by atoms with Crippen molar-refractivity contribution in [1.29, 1.82) is 0 Å². The second-order valence-corrected chi connectivity index (χ2v) is 7.03. The minimum atomic E-state index is -0.745. The summed E-state index contributed by atoms with van der Waals surface area (Å²) < 4.78 is 5.09. The molecule has 1 aliphatic heterocycles. The molecular weight excluding hydrogens is 280 g/mol. The molecule has 19 heavy (non-hydrogen) atoms. The average Bonchev–Trinajstić information content (AvgIpc) is 2.85. The summed E-state index contributed by atoms with van der Waals surface area (Å²) in [4.78, 5) is 13.9. The zero-order valence-corrected chi connectivity index (χ0v) is 13.0. The van der Waals surface area contributed by atoms with E-state index < -0.39 is 5.60 Å². The van der Waals surface area contributed by atoms with Crippen molar-refractivity contribution in [3.8, 4) is 0 Å². The summed E-state index contributed by atoms with van der Waals surface area (Å²) >= 11 is 3.44. The number of carbonyl (C=O) groups excluding carboxylic acids is 1. The Hall–Kier alpha value is -0.520. The number of esters is 1. The molecule has 0 atom stereocenters. The Labute approximate surface area is 122 Å². The number of hydrogen-bond acceptors (Lipinski definition) is 5. The van der Waals surface area contributed by atoms with E-state index in [1.807, 2.05) is 31.7 Å². The molecule has 0 aromatic carbocycles. The Morgan fingerprint density at radius 2 is 2.11 bits per heavy atom. The maximum atomic E-state index is 11.9. The molecule has 106 valence electrons. The fraction of sp³-hybridized carbons (Fsp3) is 0.643. The second kappa shape index (κ2) is 6.29. The van der Waals surface area contributed by atoms with Crippen LogP contribution in [0.3, 0.4) is 0 Å². The maximum Gasteiger partial charge on any atom is 0.339 e. The van der Waals surface area contributed by atoms with Crippen LogP contribution >= 0.6 is 23.1 Å². The molecule has 0 unspecified atom stereocenters. The minimum Gasteiger partial charge on any atom is -0.462 e. The van der Waals surface area contributed by atoms with Crippen molar-refractivity contribution in [2.24, 2.45) is 0 Å². The van der Waals surface area contributed by atoms with Gasteiger partial charge in [0.15, 0.2) is 0 Å². The molecule has 0 amide bonds. The van der Waals surface area contributed by atoms with Gasteiger partial charge >= 0.3 is 5.97 Å². The lowest BCUT2D eigenvalue weighted by Crippen LogP contribution is -2.29. The Kier molecular flexibility index (Phi) is 4.92. The van der Waals surface area contributed by atoms with E-state index in [4.69, 9.17) is 4.74 Å². The molecule has 0 saturated carbocycles. The van der Waals surface area contributed by atoms with Gasteiger partial charge in [0.2, 0.25) is 0 Å². The number of thiophene rings is 1. The number of thioether (sulfide) groups is 1. The van der Waals surface area contributed by atoms with Crippen LogP contribution in [0.4, 0.5) is 0 Å². The van der Waals surface area contributed by atoms with Gasteiger partial charge in [0.1, 0.15) is 5.60 Å². The molecule has 5 heteroatoms. The summed E-state index contributed by atoms with van der Waals surface area (Å²) in [5.41, 5.74) is -0.110. The highest BCUT2D eigenvalue weighted by Gasteiger charge is 2.34. The topological polar surface area (TPSA) is 46.5 Å². The first-order valence-electron chi connectivity index (χ1n) is 6.71. The molecule has 1 aromatic heterocycles. The first-order chi connectivity index (χ1) is 9.10. The maximum absolute atomic E-state index is 11.9. The first-order valence-corrected chi connectivity index (χ1v) is 8.68. The van der Waals surface area contributed by atoms with Crippen molar-refractivity contribution < 1.29 is 14.6 Å². The normalized spacial score (nSPS) is 18.3. The van der Waals surface area contributed by atoms with Crippen LogP contribution in [0.5, 0.6) is 0 Å². The van der Waals surface area contributed by atoms with Crippen molar-refractivity contribution in [2.75, 3.05) is 18.1 Å². The summed E-state index contributed by atoms with van der Waals surface area (Å²) in [7, 11) is 0. The molecule has 1 N–H and O–H groups in total. The average molecular weight is 300 g/mol. The van der Waals surface area contributed by atoms with Crippen LogP contribution in [0.1, 0.15) is 46.8 Å². The smallest absolute Gasteiger partial charge is 0.339 e. The highest BCUT2D eigenvalue weighted by atomic mass is 32.2. The molecule has 1 aliphatic rings. The van der Waals surface area contributed by atoms with Crippen LogP contribution in [0.2, 0.25) is 0 Å². The third kappa shape index (κ3) is 3.15. The fourth-order valence-electron chi connectivity index (χ4n) is 2.26. The number of carbonyl (C=O) groups is 1. The predicted octanol–water partition coefficient (Wildman–Crippen LogP) is 3.20. The van der Waals surface area contributed by atoms with E-state index in [2.05, 4.69) is 0 Å². The van der Waals surface area contributed by atoms with Crippen molar-refractivity contribution in [1.82, 2.24) is 0 Å². The number of rotatable bonds is 4. The fourth-order valence-corrected chi connectivity index (χ4v) is 4.66. The predicted molar refractivity (Wildman–Crippen MR) is 80.1 cm³/mol. The molecule has 1 saturated heterocycles. The van der Waals surface area contributed by atoms with Gasteiger partial charge in [-0.15, -0.1) is 11.3 Å². The van der Waals surface area contributed by atoms with E-state index in [1.165, 1.54) is 0 Å². The molecule has 1 aromatic rings. The molecule has 0 spiro atoms. The summed E-state index contributed by atoms with van der Waals surface area (Å²) in [5, 5.41) is 10.7. The van der Waals surface area contributed by atoms with E-state index in [0.29, 0.717) is 12.2 Å². The van der Waals surface area contributed by atoms with E-state index in [0.717, 1.165) is 40.5 Å². The van der Waals surface area contributed by atoms with Gasteiger partial charge in [0.25, 0.3) is 0 Å². The Morgan fingerprint density at radius 3 is 2.68 bits per heavy atom. The zero-order valence-electron chi connectivity index (χ0n) is 11.4. The van der Waals surface area contributed by atoms with Crippen molar-refractivity contribution >= 4 is 29.1 Å². The van der Waals surface area contributed by atoms with Crippen molar-refractivity contribution in [2.45, 2.75) is 38.7 Å². The summed E-state index contributed by atoms with van der Waals surface area (Å²) in [6.07, 6.45) is 2.33. The van der Waals surface area contributed by atoms with Crippen LogP contribution in [0.25, 0.3) is 0 Å². The van der Waals surface area contributed by atoms with Crippen LogP contribution in [-0.4, -0.2) is 29.2 Å². The lowest BCUT2D eigenvalue weighted by molar-refractivity contribution is 0.0317. The number of hydrogen-bond donors (Lipinski definition) is 1. The summed E-state index contributed by atoms with van der Waals surface area (Å²) in [6, 6.07) is 1.84. The van der Waals surface area contributed by atoms with Gasteiger partial charge in [-0.3, -0.25) is 0 Å². The Bertz CT molecular complexity index is 448. The molecule has 0 aliphatic carbocycles. The van der Waals surface area contributed by atoms with Gasteiger partial charge in [-0.2, -0.15) is 11.8 Å². The largest absolute Gasteiger partial charge is 0.462 e. The third-order valence-electron chi connectivity index (χ3n) is 3.40. The second-order valence-electron chi connectivity index (χ2n) is 4.67. The SMILES string of the molecule is CCOC(=O)c1cc(C2(O)CCSCC2)sc1CC. The molecule has 2 rings (SSSR count). The van der Waals surface area contributed by atoms with Gasteiger partial charge in [-0.1, -0.05) is 6.92 Å². The lowest BCUT2D eigenvalue weighted by Gasteiger charge is -2.30. The molecule has 3 nitrogen and oxygen atoms in total. The highest BCUT2D eigenvalue weighted by Crippen LogP contribution is 2.40. The molecule has 0 bridgehead atoms. The molecule has 0 radical (unpaired) electrons.